The first-order chi connectivity index (χ1) is 12.6. The predicted molar refractivity (Wildman–Crippen MR) is 96.9 cm³/mol. The van der Waals surface area contributed by atoms with Crippen molar-refractivity contribution < 1.29 is 9.72 Å². The van der Waals surface area contributed by atoms with Crippen LogP contribution in [0.25, 0.3) is 0 Å². The Balaban J connectivity index is 1.86. The third kappa shape index (κ3) is 3.96. The standard InChI is InChI=1S/C19H14N4O3/c24-19(16-6-8-17(9-7-16)23(25)26)22-21-18(14-4-2-1-3-5-14)15-10-12-20-13-11-15/h1-13H,(H,22,24)/b21-18-. The van der Waals surface area contributed by atoms with Gasteiger partial charge in [0.2, 0.25) is 0 Å². The predicted octanol–water partition coefficient (Wildman–Crippen LogP) is 3.17. The van der Waals surface area contributed by atoms with Crippen LogP contribution in [0, 0.1) is 10.1 Å². The summed E-state index contributed by atoms with van der Waals surface area (Å²) in [6.07, 6.45) is 3.29. The molecule has 1 N–H and O–H groups in total. The molecule has 1 aromatic heterocycles. The molecule has 0 aliphatic heterocycles. The number of nitrogens with zero attached hydrogens (tertiary/aromatic N) is 3. The summed E-state index contributed by atoms with van der Waals surface area (Å²) in [4.78, 5) is 26.5. The van der Waals surface area contributed by atoms with E-state index >= 15 is 0 Å². The lowest BCUT2D eigenvalue weighted by molar-refractivity contribution is -0.384. The van der Waals surface area contributed by atoms with E-state index in [1.807, 2.05) is 30.3 Å². The second-order valence-corrected chi connectivity index (χ2v) is 5.31. The third-order valence-corrected chi connectivity index (χ3v) is 3.61. The molecule has 0 saturated heterocycles. The molecule has 0 fully saturated rings. The van der Waals surface area contributed by atoms with Crippen LogP contribution in [0.5, 0.6) is 0 Å². The van der Waals surface area contributed by atoms with Crippen LogP contribution in [-0.2, 0) is 0 Å². The van der Waals surface area contributed by atoms with Gasteiger partial charge in [-0.1, -0.05) is 30.3 Å². The molecule has 0 radical (unpaired) electrons. The van der Waals surface area contributed by atoms with Gasteiger partial charge in [0.05, 0.1) is 10.6 Å². The van der Waals surface area contributed by atoms with Crippen molar-refractivity contribution in [1.82, 2.24) is 10.4 Å². The van der Waals surface area contributed by atoms with Crippen LogP contribution in [0.2, 0.25) is 0 Å². The van der Waals surface area contributed by atoms with Crippen LogP contribution < -0.4 is 5.43 Å². The van der Waals surface area contributed by atoms with E-state index < -0.39 is 10.8 Å². The van der Waals surface area contributed by atoms with Crippen LogP contribution in [0.1, 0.15) is 21.5 Å². The minimum absolute atomic E-state index is 0.0770. The summed E-state index contributed by atoms with van der Waals surface area (Å²) in [5, 5.41) is 14.9. The SMILES string of the molecule is O=C(N/N=C(/c1ccccc1)c1ccncc1)c1ccc([N+](=O)[O-])cc1. The third-order valence-electron chi connectivity index (χ3n) is 3.61. The van der Waals surface area contributed by atoms with Crippen LogP contribution in [-0.4, -0.2) is 21.5 Å². The molecule has 128 valence electrons. The van der Waals surface area contributed by atoms with Gasteiger partial charge in [-0.2, -0.15) is 5.10 Å². The Kier molecular flexibility index (Phi) is 5.09. The molecule has 3 aromatic rings. The minimum Gasteiger partial charge on any atom is -0.267 e. The summed E-state index contributed by atoms with van der Waals surface area (Å²) in [6.45, 7) is 0. The molecule has 0 bridgehead atoms. The highest BCUT2D eigenvalue weighted by Crippen LogP contribution is 2.13. The van der Waals surface area contributed by atoms with E-state index in [2.05, 4.69) is 15.5 Å². The average Bonchev–Trinajstić information content (AvgIpc) is 2.69. The number of rotatable bonds is 5. The van der Waals surface area contributed by atoms with Crippen LogP contribution in [0.15, 0.2) is 84.2 Å². The summed E-state index contributed by atoms with van der Waals surface area (Å²) in [5.74, 6) is -0.456. The number of nitro groups is 1. The second-order valence-electron chi connectivity index (χ2n) is 5.31. The number of benzene rings is 2. The van der Waals surface area contributed by atoms with Gasteiger partial charge in [-0.05, 0) is 24.3 Å². The zero-order valence-corrected chi connectivity index (χ0v) is 13.6. The van der Waals surface area contributed by atoms with E-state index in [9.17, 15) is 14.9 Å². The van der Waals surface area contributed by atoms with Gasteiger partial charge in [-0.3, -0.25) is 19.9 Å². The van der Waals surface area contributed by atoms with Gasteiger partial charge >= 0.3 is 0 Å². The minimum atomic E-state index is -0.517. The topological polar surface area (TPSA) is 97.5 Å². The molecule has 0 spiro atoms. The Labute approximate surface area is 149 Å². The van der Waals surface area contributed by atoms with Crippen molar-refractivity contribution in [1.29, 1.82) is 0 Å². The first-order valence-electron chi connectivity index (χ1n) is 7.73. The lowest BCUT2D eigenvalue weighted by Gasteiger charge is -2.08. The highest BCUT2D eigenvalue weighted by molar-refractivity contribution is 6.13. The zero-order chi connectivity index (χ0) is 18.4. The largest absolute Gasteiger partial charge is 0.271 e. The Bertz CT molecular complexity index is 898. The van der Waals surface area contributed by atoms with Gasteiger partial charge in [-0.15, -0.1) is 0 Å². The molecule has 2 aromatic carbocycles. The molecule has 26 heavy (non-hydrogen) atoms. The molecular formula is C19H14N4O3. The number of hydrazone groups is 1. The fraction of sp³-hybridized carbons (Fsp3) is 0. The number of hydrogen-bond donors (Lipinski definition) is 1. The normalized spacial score (nSPS) is 11.0. The summed E-state index contributed by atoms with van der Waals surface area (Å²) < 4.78 is 0. The first-order valence-corrected chi connectivity index (χ1v) is 7.73. The number of nitro benzene ring substituents is 1. The first kappa shape index (κ1) is 17.0. The van der Waals surface area contributed by atoms with Gasteiger partial charge in [0.1, 0.15) is 0 Å². The van der Waals surface area contributed by atoms with Gasteiger partial charge in [0, 0.05) is 41.2 Å². The van der Waals surface area contributed by atoms with Gasteiger partial charge in [0.15, 0.2) is 0 Å². The number of nitrogens with one attached hydrogen (secondary N) is 1. The molecule has 0 saturated carbocycles. The zero-order valence-electron chi connectivity index (χ0n) is 13.6. The van der Waals surface area contributed by atoms with Crippen molar-refractivity contribution in [2.24, 2.45) is 5.10 Å². The molecular weight excluding hydrogens is 332 g/mol. The van der Waals surface area contributed by atoms with Crippen LogP contribution >= 0.6 is 0 Å². The average molecular weight is 346 g/mol. The Morgan fingerprint density at radius 3 is 2.12 bits per heavy atom. The van der Waals surface area contributed by atoms with Crippen molar-refractivity contribution in [3.8, 4) is 0 Å². The fourth-order valence-corrected chi connectivity index (χ4v) is 2.31. The maximum Gasteiger partial charge on any atom is 0.271 e. The Morgan fingerprint density at radius 2 is 1.50 bits per heavy atom. The molecule has 0 aliphatic rings. The number of hydrogen-bond acceptors (Lipinski definition) is 5. The molecule has 1 heterocycles. The maximum atomic E-state index is 12.3. The highest BCUT2D eigenvalue weighted by atomic mass is 16.6. The summed E-state index contributed by atoms with van der Waals surface area (Å²) in [6, 6.07) is 18.3. The van der Waals surface area contributed by atoms with Crippen molar-refractivity contribution in [3.63, 3.8) is 0 Å². The van der Waals surface area contributed by atoms with E-state index in [1.54, 1.807) is 24.5 Å². The van der Waals surface area contributed by atoms with Crippen LogP contribution in [0.4, 0.5) is 5.69 Å². The van der Waals surface area contributed by atoms with Crippen LogP contribution in [0.3, 0.4) is 0 Å². The molecule has 0 aliphatic carbocycles. The van der Waals surface area contributed by atoms with E-state index in [0.29, 0.717) is 5.71 Å². The number of aromatic nitrogens is 1. The van der Waals surface area contributed by atoms with Crippen molar-refractivity contribution in [3.05, 3.63) is 106 Å². The molecule has 7 heteroatoms. The summed E-state index contributed by atoms with van der Waals surface area (Å²) in [7, 11) is 0. The second kappa shape index (κ2) is 7.80. The summed E-state index contributed by atoms with van der Waals surface area (Å²) in [5.41, 5.74) is 4.93. The quantitative estimate of drug-likeness (QED) is 0.436. The van der Waals surface area contributed by atoms with Crippen molar-refractivity contribution in [2.45, 2.75) is 0 Å². The molecule has 3 rings (SSSR count). The molecule has 7 nitrogen and oxygen atoms in total. The smallest absolute Gasteiger partial charge is 0.267 e. The highest BCUT2D eigenvalue weighted by Gasteiger charge is 2.11. The van der Waals surface area contributed by atoms with Gasteiger partial charge in [-0.25, -0.2) is 5.43 Å². The van der Waals surface area contributed by atoms with E-state index in [-0.39, 0.29) is 11.3 Å². The van der Waals surface area contributed by atoms with Gasteiger partial charge in [0.25, 0.3) is 11.6 Å². The Hall–Kier alpha value is -3.87. The van der Waals surface area contributed by atoms with Gasteiger partial charge < -0.3 is 0 Å². The molecule has 1 amide bonds. The lowest BCUT2D eigenvalue weighted by Crippen LogP contribution is -2.20. The fourth-order valence-electron chi connectivity index (χ4n) is 2.31. The van der Waals surface area contributed by atoms with E-state index in [4.69, 9.17) is 0 Å². The monoisotopic (exact) mass is 346 g/mol. The summed E-state index contributed by atoms with van der Waals surface area (Å²) >= 11 is 0. The molecule has 0 unspecified atom stereocenters. The number of carbonyl (C=O) groups excluding carboxylic acids is 1. The van der Waals surface area contributed by atoms with Crippen molar-refractivity contribution in [2.75, 3.05) is 0 Å². The number of amides is 1. The number of non-ortho nitro benzene ring substituents is 1. The van der Waals surface area contributed by atoms with E-state index in [1.165, 1.54) is 24.3 Å². The number of pyridine rings is 1. The Morgan fingerprint density at radius 1 is 0.885 bits per heavy atom. The lowest BCUT2D eigenvalue weighted by atomic mass is 10.0. The van der Waals surface area contributed by atoms with E-state index in [0.717, 1.165) is 11.1 Å². The molecule has 0 atom stereocenters. The number of carbonyl (C=O) groups is 1. The van der Waals surface area contributed by atoms with Crippen molar-refractivity contribution >= 4 is 17.3 Å². The maximum absolute atomic E-state index is 12.3.